The molecule has 0 fully saturated rings. The van der Waals surface area contributed by atoms with Crippen LogP contribution in [0, 0.1) is 0 Å². The zero-order chi connectivity index (χ0) is 10.7. The van der Waals surface area contributed by atoms with Crippen molar-refractivity contribution in [1.82, 2.24) is 9.71 Å². The van der Waals surface area contributed by atoms with E-state index in [0.717, 1.165) is 5.56 Å². The summed E-state index contributed by atoms with van der Waals surface area (Å²) >= 11 is 0. The van der Waals surface area contributed by atoms with Crippen molar-refractivity contribution in [3.63, 3.8) is 0 Å². The maximum atomic E-state index is 9.04. The third kappa shape index (κ3) is 2.19. The molecule has 5 heteroatoms. The van der Waals surface area contributed by atoms with Crippen molar-refractivity contribution in [2.45, 2.75) is 6.61 Å². The number of imidazole rings is 1. The molecule has 0 bridgehead atoms. The number of anilines is 1. The quantitative estimate of drug-likeness (QED) is 0.777. The normalized spacial score (nSPS) is 10.1. The highest BCUT2D eigenvalue weighted by Gasteiger charge is 2.03. The lowest BCUT2D eigenvalue weighted by atomic mass is 10.2. The van der Waals surface area contributed by atoms with Crippen LogP contribution in [0.1, 0.15) is 5.56 Å². The number of benzene rings is 1. The van der Waals surface area contributed by atoms with Gasteiger partial charge in [0.1, 0.15) is 12.8 Å². The zero-order valence-electron chi connectivity index (χ0n) is 8.00. The van der Waals surface area contributed by atoms with Crippen molar-refractivity contribution in [3.8, 4) is 5.88 Å². The third-order valence-corrected chi connectivity index (χ3v) is 1.90. The van der Waals surface area contributed by atoms with Crippen LogP contribution in [0.2, 0.25) is 0 Å². The fourth-order valence-corrected chi connectivity index (χ4v) is 1.19. The van der Waals surface area contributed by atoms with Crippen LogP contribution in [0.25, 0.3) is 0 Å². The van der Waals surface area contributed by atoms with E-state index in [1.54, 1.807) is 0 Å². The lowest BCUT2D eigenvalue weighted by Gasteiger charge is -2.06. The number of nitrogens with zero attached hydrogens (tertiary/aromatic N) is 2. The highest BCUT2D eigenvalue weighted by atomic mass is 16.7. The number of hydrogen-bond acceptors (Lipinski definition) is 4. The van der Waals surface area contributed by atoms with Gasteiger partial charge in [-0.05, 0) is 5.56 Å². The predicted octanol–water partition coefficient (Wildman–Crippen LogP) is 0.800. The molecule has 0 saturated carbocycles. The number of aromatic nitrogens is 2. The Morgan fingerprint density at radius 2 is 2.07 bits per heavy atom. The van der Waals surface area contributed by atoms with Crippen molar-refractivity contribution in [2.75, 3.05) is 5.73 Å². The summed E-state index contributed by atoms with van der Waals surface area (Å²) in [5.41, 5.74) is 6.49. The first kappa shape index (κ1) is 9.39. The van der Waals surface area contributed by atoms with E-state index in [2.05, 4.69) is 4.98 Å². The largest absolute Gasteiger partial charge is 0.492 e. The molecule has 3 N–H and O–H groups in total. The van der Waals surface area contributed by atoms with Crippen LogP contribution in [0.3, 0.4) is 0 Å². The molecule has 0 radical (unpaired) electrons. The Morgan fingerprint density at radius 1 is 1.33 bits per heavy atom. The molecular formula is C10H11N3O2. The molecule has 0 aliphatic heterocycles. The first-order valence-corrected chi connectivity index (χ1v) is 4.47. The van der Waals surface area contributed by atoms with E-state index in [1.165, 1.54) is 10.9 Å². The van der Waals surface area contributed by atoms with Crippen LogP contribution < -0.4 is 10.6 Å². The second kappa shape index (κ2) is 3.91. The molecule has 0 unspecified atom stereocenters. The van der Waals surface area contributed by atoms with Crippen molar-refractivity contribution < 1.29 is 9.94 Å². The minimum absolute atomic E-state index is 0.128. The van der Waals surface area contributed by atoms with E-state index in [-0.39, 0.29) is 11.8 Å². The van der Waals surface area contributed by atoms with Gasteiger partial charge in [-0.1, -0.05) is 30.3 Å². The summed E-state index contributed by atoms with van der Waals surface area (Å²) in [6.07, 6.45) is 1.32. The Morgan fingerprint density at radius 3 is 2.67 bits per heavy atom. The molecule has 1 aromatic heterocycles. The van der Waals surface area contributed by atoms with Crippen LogP contribution in [0.15, 0.2) is 36.5 Å². The second-order valence-corrected chi connectivity index (χ2v) is 3.04. The third-order valence-electron chi connectivity index (χ3n) is 1.90. The van der Waals surface area contributed by atoms with E-state index in [1.807, 2.05) is 30.3 Å². The summed E-state index contributed by atoms with van der Waals surface area (Å²) in [4.78, 5) is 8.91. The molecule has 5 nitrogen and oxygen atoms in total. The number of hydrogen-bond donors (Lipinski definition) is 2. The highest BCUT2D eigenvalue weighted by Crippen LogP contribution is 2.09. The van der Waals surface area contributed by atoms with Crippen molar-refractivity contribution >= 4 is 5.95 Å². The fraction of sp³-hybridized carbons (Fsp3) is 0.100. The van der Waals surface area contributed by atoms with Gasteiger partial charge in [0.05, 0.1) is 0 Å². The number of rotatable bonds is 3. The maximum Gasteiger partial charge on any atom is 0.237 e. The van der Waals surface area contributed by atoms with Crippen molar-refractivity contribution in [2.24, 2.45) is 0 Å². The summed E-state index contributed by atoms with van der Waals surface area (Å²) in [6.45, 7) is 0.376. The summed E-state index contributed by atoms with van der Waals surface area (Å²) in [5.74, 6) is -0.0241. The standard InChI is InChI=1S/C10H11N3O2/c11-10-12-9(14)6-13(10)15-7-8-4-2-1-3-5-8/h1-6,14H,7H2,(H2,11,12). The summed E-state index contributed by atoms with van der Waals surface area (Å²) < 4.78 is 1.24. The zero-order valence-corrected chi connectivity index (χ0v) is 8.00. The molecule has 15 heavy (non-hydrogen) atoms. The molecular weight excluding hydrogens is 194 g/mol. The van der Waals surface area contributed by atoms with Gasteiger partial charge in [0.15, 0.2) is 0 Å². The van der Waals surface area contributed by atoms with E-state index in [4.69, 9.17) is 15.7 Å². The van der Waals surface area contributed by atoms with Crippen LogP contribution in [0.5, 0.6) is 5.88 Å². The Bertz CT molecular complexity index is 439. The highest BCUT2D eigenvalue weighted by molar-refractivity contribution is 5.23. The minimum atomic E-state index is -0.152. The minimum Gasteiger partial charge on any atom is -0.492 e. The predicted molar refractivity (Wildman–Crippen MR) is 55.0 cm³/mol. The molecule has 0 aliphatic carbocycles. The van der Waals surface area contributed by atoms with Gasteiger partial charge in [-0.25, -0.2) is 0 Å². The first-order valence-electron chi connectivity index (χ1n) is 4.47. The van der Waals surface area contributed by atoms with Gasteiger partial charge in [0.25, 0.3) is 0 Å². The van der Waals surface area contributed by atoms with Crippen molar-refractivity contribution in [3.05, 3.63) is 42.1 Å². The summed E-state index contributed by atoms with van der Waals surface area (Å²) in [7, 11) is 0. The Balaban J connectivity index is 2.02. The van der Waals surface area contributed by atoms with E-state index < -0.39 is 0 Å². The lowest BCUT2D eigenvalue weighted by molar-refractivity contribution is 0.101. The van der Waals surface area contributed by atoms with E-state index >= 15 is 0 Å². The van der Waals surface area contributed by atoms with Gasteiger partial charge in [0, 0.05) is 0 Å². The molecule has 1 heterocycles. The number of nitrogens with two attached hydrogens (primary N) is 1. The smallest absolute Gasteiger partial charge is 0.237 e. The second-order valence-electron chi connectivity index (χ2n) is 3.04. The molecule has 0 amide bonds. The average molecular weight is 205 g/mol. The SMILES string of the molecule is Nc1nc(O)cn1OCc1ccccc1. The summed E-state index contributed by atoms with van der Waals surface area (Å²) in [6, 6.07) is 9.65. The molecule has 1 aromatic carbocycles. The molecule has 2 aromatic rings. The van der Waals surface area contributed by atoms with Gasteiger partial charge in [-0.15, -0.1) is 0 Å². The van der Waals surface area contributed by atoms with E-state index in [9.17, 15) is 0 Å². The van der Waals surface area contributed by atoms with Gasteiger partial charge in [0.2, 0.25) is 11.8 Å². The number of nitrogen functional groups attached to an aromatic ring is 1. The average Bonchev–Trinajstić information content (AvgIpc) is 2.56. The van der Waals surface area contributed by atoms with Crippen molar-refractivity contribution in [1.29, 1.82) is 0 Å². The molecule has 0 aliphatic rings. The fourth-order valence-electron chi connectivity index (χ4n) is 1.19. The first-order chi connectivity index (χ1) is 7.25. The van der Waals surface area contributed by atoms with Crippen LogP contribution in [0.4, 0.5) is 5.95 Å². The maximum absolute atomic E-state index is 9.04. The Hall–Kier alpha value is -2.17. The van der Waals surface area contributed by atoms with Gasteiger partial charge in [-0.3, -0.25) is 0 Å². The monoisotopic (exact) mass is 205 g/mol. The van der Waals surface area contributed by atoms with Crippen LogP contribution in [-0.2, 0) is 6.61 Å². The van der Waals surface area contributed by atoms with Gasteiger partial charge in [-0.2, -0.15) is 9.71 Å². The molecule has 0 saturated heterocycles. The van der Waals surface area contributed by atoms with Gasteiger partial charge >= 0.3 is 0 Å². The Labute approximate surface area is 86.7 Å². The van der Waals surface area contributed by atoms with Gasteiger partial charge < -0.3 is 15.7 Å². The Kier molecular flexibility index (Phi) is 2.45. The molecule has 0 atom stereocenters. The molecule has 2 rings (SSSR count). The van der Waals surface area contributed by atoms with Crippen LogP contribution >= 0.6 is 0 Å². The van der Waals surface area contributed by atoms with E-state index in [0.29, 0.717) is 6.61 Å². The topological polar surface area (TPSA) is 73.3 Å². The number of aromatic hydroxyl groups is 1. The van der Waals surface area contributed by atoms with Crippen LogP contribution in [-0.4, -0.2) is 14.8 Å². The summed E-state index contributed by atoms with van der Waals surface area (Å²) in [5, 5.41) is 9.04. The lowest BCUT2D eigenvalue weighted by Crippen LogP contribution is -2.12. The molecule has 78 valence electrons. The molecule has 0 spiro atoms.